The zero-order valence-corrected chi connectivity index (χ0v) is 13.9. The number of anilines is 1. The molecule has 1 amide bonds. The van der Waals surface area contributed by atoms with Gasteiger partial charge in [-0.15, -0.1) is 0 Å². The third-order valence-electron chi connectivity index (χ3n) is 4.62. The first-order valence-corrected chi connectivity index (χ1v) is 7.92. The largest absolute Gasteiger partial charge is 0.481 e. The van der Waals surface area contributed by atoms with E-state index in [0.717, 1.165) is 17.7 Å². The summed E-state index contributed by atoms with van der Waals surface area (Å²) >= 11 is 0. The maximum Gasteiger partial charge on any atom is 0.416 e. The number of aliphatic carboxylic acids is 1. The average Bonchev–Trinajstić information content (AvgIpc) is 2.76. The Morgan fingerprint density at radius 3 is 2.38 bits per heavy atom. The molecule has 2 aromatic rings. The van der Waals surface area contributed by atoms with Crippen LogP contribution in [-0.4, -0.2) is 17.0 Å². The van der Waals surface area contributed by atoms with E-state index in [1.165, 1.54) is 17.9 Å². The van der Waals surface area contributed by atoms with E-state index in [4.69, 9.17) is 0 Å². The molecule has 136 valence electrons. The van der Waals surface area contributed by atoms with Crippen LogP contribution in [0.25, 0.3) is 0 Å². The van der Waals surface area contributed by atoms with Gasteiger partial charge in [0.05, 0.1) is 23.9 Å². The number of hydrogen-bond donors (Lipinski definition) is 1. The predicted octanol–water partition coefficient (Wildman–Crippen LogP) is 3.98. The van der Waals surface area contributed by atoms with E-state index in [2.05, 4.69) is 0 Å². The smallest absolute Gasteiger partial charge is 0.416 e. The van der Waals surface area contributed by atoms with Crippen molar-refractivity contribution in [3.8, 4) is 0 Å². The minimum atomic E-state index is -4.55. The highest BCUT2D eigenvalue weighted by Gasteiger charge is 2.49. The standard InChI is InChI=1S/C19H16F3NO3/c1-18(10-16(24)25)14-8-7-13(19(20,21)22)9-15(14)23(17(18)26)11-12-5-3-2-4-6-12/h2-9H,10-11H2,1H3,(H,24,25). The van der Waals surface area contributed by atoms with Crippen molar-refractivity contribution in [3.05, 3.63) is 65.2 Å². The van der Waals surface area contributed by atoms with Crippen LogP contribution in [0, 0.1) is 0 Å². The Kier molecular flexibility index (Phi) is 4.26. The average molecular weight is 363 g/mol. The van der Waals surface area contributed by atoms with Crippen LogP contribution < -0.4 is 4.90 Å². The second-order valence-electron chi connectivity index (χ2n) is 6.51. The molecule has 1 aliphatic heterocycles. The molecule has 0 aliphatic carbocycles. The number of hydrogen-bond acceptors (Lipinski definition) is 2. The summed E-state index contributed by atoms with van der Waals surface area (Å²) < 4.78 is 39.3. The lowest BCUT2D eigenvalue weighted by Gasteiger charge is -2.22. The van der Waals surface area contributed by atoms with Crippen LogP contribution >= 0.6 is 0 Å². The quantitative estimate of drug-likeness (QED) is 0.894. The first-order chi connectivity index (χ1) is 12.1. The zero-order chi connectivity index (χ0) is 19.1. The number of nitrogens with zero attached hydrogens (tertiary/aromatic N) is 1. The normalized spacial score (nSPS) is 19.5. The van der Waals surface area contributed by atoms with Gasteiger partial charge in [0.25, 0.3) is 0 Å². The molecule has 26 heavy (non-hydrogen) atoms. The highest BCUT2D eigenvalue weighted by Crippen LogP contribution is 2.46. The molecule has 1 unspecified atom stereocenters. The second-order valence-corrected chi connectivity index (χ2v) is 6.51. The van der Waals surface area contributed by atoms with E-state index in [1.54, 1.807) is 30.3 Å². The number of benzene rings is 2. The Hall–Kier alpha value is -2.83. The number of amides is 1. The molecule has 1 N–H and O–H groups in total. The Balaban J connectivity index is 2.12. The molecule has 3 rings (SSSR count). The van der Waals surface area contributed by atoms with Gasteiger partial charge in [-0.05, 0) is 30.2 Å². The van der Waals surface area contributed by atoms with Gasteiger partial charge < -0.3 is 10.0 Å². The minimum absolute atomic E-state index is 0.0726. The molecule has 0 fully saturated rings. The van der Waals surface area contributed by atoms with Crippen molar-refractivity contribution in [2.45, 2.75) is 31.5 Å². The molecule has 1 atom stereocenters. The van der Waals surface area contributed by atoms with Gasteiger partial charge in [0.15, 0.2) is 0 Å². The highest BCUT2D eigenvalue weighted by molar-refractivity contribution is 6.09. The summed E-state index contributed by atoms with van der Waals surface area (Å²) in [6.07, 6.45) is -5.04. The summed E-state index contributed by atoms with van der Waals surface area (Å²) in [4.78, 5) is 25.5. The number of halogens is 3. The number of rotatable bonds is 4. The third-order valence-corrected chi connectivity index (χ3v) is 4.62. The summed E-state index contributed by atoms with van der Waals surface area (Å²) in [6, 6.07) is 11.9. The van der Waals surface area contributed by atoms with Crippen molar-refractivity contribution in [2.24, 2.45) is 0 Å². The maximum absolute atomic E-state index is 13.1. The van der Waals surface area contributed by atoms with Gasteiger partial charge in [-0.25, -0.2) is 0 Å². The minimum Gasteiger partial charge on any atom is -0.481 e. The zero-order valence-electron chi connectivity index (χ0n) is 13.9. The van der Waals surface area contributed by atoms with Crippen LogP contribution in [0.4, 0.5) is 18.9 Å². The van der Waals surface area contributed by atoms with E-state index in [-0.39, 0.29) is 12.2 Å². The Morgan fingerprint density at radius 2 is 1.81 bits per heavy atom. The van der Waals surface area contributed by atoms with E-state index < -0.39 is 35.5 Å². The summed E-state index contributed by atoms with van der Waals surface area (Å²) in [5, 5.41) is 9.19. The van der Waals surface area contributed by atoms with Crippen LogP contribution in [0.1, 0.15) is 30.0 Å². The molecule has 0 saturated carbocycles. The van der Waals surface area contributed by atoms with Crippen LogP contribution in [0.15, 0.2) is 48.5 Å². The molecule has 0 aromatic heterocycles. The Labute approximate surface area is 147 Å². The van der Waals surface area contributed by atoms with Gasteiger partial charge in [0.2, 0.25) is 5.91 Å². The van der Waals surface area contributed by atoms with Crippen LogP contribution in [-0.2, 0) is 27.7 Å². The van der Waals surface area contributed by atoms with Gasteiger partial charge in [-0.2, -0.15) is 13.2 Å². The molecule has 4 nitrogen and oxygen atoms in total. The molecular weight excluding hydrogens is 347 g/mol. The van der Waals surface area contributed by atoms with E-state index in [0.29, 0.717) is 5.56 Å². The summed E-state index contributed by atoms with van der Waals surface area (Å²) in [7, 11) is 0. The van der Waals surface area contributed by atoms with Crippen molar-refractivity contribution in [2.75, 3.05) is 4.90 Å². The fraction of sp³-hybridized carbons (Fsp3) is 0.263. The monoisotopic (exact) mass is 363 g/mol. The number of carboxylic acid groups (broad SMARTS) is 1. The van der Waals surface area contributed by atoms with Gasteiger partial charge >= 0.3 is 12.1 Å². The molecule has 2 aromatic carbocycles. The molecule has 0 bridgehead atoms. The Morgan fingerprint density at radius 1 is 1.15 bits per heavy atom. The number of carbonyl (C=O) groups is 2. The van der Waals surface area contributed by atoms with E-state index >= 15 is 0 Å². The fourth-order valence-corrected chi connectivity index (χ4v) is 3.32. The second kappa shape index (κ2) is 6.16. The lowest BCUT2D eigenvalue weighted by Crippen LogP contribution is -2.39. The van der Waals surface area contributed by atoms with Crippen molar-refractivity contribution in [3.63, 3.8) is 0 Å². The number of carboxylic acids is 1. The molecule has 0 radical (unpaired) electrons. The van der Waals surface area contributed by atoms with Gasteiger partial charge in [-0.3, -0.25) is 9.59 Å². The highest BCUT2D eigenvalue weighted by atomic mass is 19.4. The van der Waals surface area contributed by atoms with Crippen molar-refractivity contribution in [1.82, 2.24) is 0 Å². The fourth-order valence-electron chi connectivity index (χ4n) is 3.32. The third kappa shape index (κ3) is 3.05. The molecule has 0 saturated heterocycles. The van der Waals surface area contributed by atoms with Gasteiger partial charge in [0.1, 0.15) is 0 Å². The summed E-state index contributed by atoms with van der Waals surface area (Å²) in [5.74, 6) is -1.70. The lowest BCUT2D eigenvalue weighted by atomic mass is 9.80. The SMILES string of the molecule is CC1(CC(=O)O)C(=O)N(Cc2ccccc2)c2cc(C(F)(F)F)ccc21. The lowest BCUT2D eigenvalue weighted by molar-refractivity contribution is -0.141. The van der Waals surface area contributed by atoms with Crippen molar-refractivity contribution in [1.29, 1.82) is 0 Å². The Bertz CT molecular complexity index is 864. The molecular formula is C19H16F3NO3. The van der Waals surface area contributed by atoms with Crippen LogP contribution in [0.5, 0.6) is 0 Å². The number of carbonyl (C=O) groups excluding carboxylic acids is 1. The molecule has 0 spiro atoms. The summed E-state index contributed by atoms with van der Waals surface area (Å²) in [6.45, 7) is 1.53. The van der Waals surface area contributed by atoms with Gasteiger partial charge in [0, 0.05) is 5.69 Å². The van der Waals surface area contributed by atoms with Crippen LogP contribution in [0.2, 0.25) is 0 Å². The van der Waals surface area contributed by atoms with Crippen LogP contribution in [0.3, 0.4) is 0 Å². The first kappa shape index (κ1) is 18.0. The van der Waals surface area contributed by atoms with Crippen molar-refractivity contribution < 1.29 is 27.9 Å². The number of alkyl halides is 3. The maximum atomic E-state index is 13.1. The molecule has 1 heterocycles. The number of fused-ring (bicyclic) bond motifs is 1. The predicted molar refractivity (Wildman–Crippen MR) is 88.7 cm³/mol. The van der Waals surface area contributed by atoms with E-state index in [1.807, 2.05) is 0 Å². The van der Waals surface area contributed by atoms with Crippen molar-refractivity contribution >= 4 is 17.6 Å². The topological polar surface area (TPSA) is 57.6 Å². The first-order valence-electron chi connectivity index (χ1n) is 7.92. The molecule has 1 aliphatic rings. The molecule has 7 heteroatoms. The van der Waals surface area contributed by atoms with Gasteiger partial charge in [-0.1, -0.05) is 36.4 Å². The van der Waals surface area contributed by atoms with E-state index in [9.17, 15) is 27.9 Å². The summed E-state index contributed by atoms with van der Waals surface area (Å²) in [5.41, 5.74) is -1.13.